The Morgan fingerprint density at radius 2 is 1.59 bits per heavy atom. The lowest BCUT2D eigenvalue weighted by molar-refractivity contribution is -0.117. The molecule has 1 amide bonds. The lowest BCUT2D eigenvalue weighted by atomic mass is 10.1. The normalized spacial score (nSPS) is 12.5. The summed E-state index contributed by atoms with van der Waals surface area (Å²) in [6, 6.07) is 16.7. The van der Waals surface area contributed by atoms with E-state index in [0.29, 0.717) is 11.3 Å². The molecule has 2 aromatic carbocycles. The molecule has 1 atom stereocenters. The van der Waals surface area contributed by atoms with Gasteiger partial charge in [-0.05, 0) is 42.0 Å². The van der Waals surface area contributed by atoms with Crippen LogP contribution in [0.25, 0.3) is 0 Å². The molecule has 3 rings (SSSR count). The Hall–Kier alpha value is -2.48. The Balaban J connectivity index is 1.94. The number of aryl methyl sites for hydroxylation is 2. The van der Waals surface area contributed by atoms with Crippen LogP contribution in [-0.2, 0) is 14.8 Å². The van der Waals surface area contributed by atoms with Crippen LogP contribution < -0.4 is 10.0 Å². The van der Waals surface area contributed by atoms with Gasteiger partial charge in [-0.15, -0.1) is 11.3 Å². The average Bonchev–Trinajstić information content (AvgIpc) is 3.19. The lowest BCUT2D eigenvalue weighted by Crippen LogP contribution is -2.37. The second-order valence-corrected chi connectivity index (χ2v) is 9.04. The molecule has 2 N–H and O–H groups in total. The largest absolute Gasteiger partial charge is 0.324 e. The van der Waals surface area contributed by atoms with Gasteiger partial charge in [0.05, 0.1) is 0 Å². The predicted molar refractivity (Wildman–Crippen MR) is 108 cm³/mol. The smallest absolute Gasteiger partial charge is 0.251 e. The maximum absolute atomic E-state index is 13.0. The summed E-state index contributed by atoms with van der Waals surface area (Å²) < 4.78 is 28.1. The molecular formula is C20H20N2O3S2. The first-order valence-electron chi connectivity index (χ1n) is 8.36. The van der Waals surface area contributed by atoms with Crippen LogP contribution in [0.4, 0.5) is 5.69 Å². The van der Waals surface area contributed by atoms with E-state index in [2.05, 4.69) is 10.0 Å². The molecule has 0 aliphatic rings. The number of hydrogen-bond acceptors (Lipinski definition) is 4. The molecule has 1 heterocycles. The first kappa shape index (κ1) is 19.3. The summed E-state index contributed by atoms with van der Waals surface area (Å²) in [5, 5.41) is 4.57. The van der Waals surface area contributed by atoms with Gasteiger partial charge in [0, 0.05) is 5.69 Å². The molecule has 7 heteroatoms. The molecule has 0 aliphatic carbocycles. The van der Waals surface area contributed by atoms with Gasteiger partial charge in [-0.25, -0.2) is 8.42 Å². The van der Waals surface area contributed by atoms with Crippen LogP contribution in [0.2, 0.25) is 0 Å². The number of benzene rings is 2. The number of sulfonamides is 1. The van der Waals surface area contributed by atoms with Crippen molar-refractivity contribution in [1.29, 1.82) is 0 Å². The van der Waals surface area contributed by atoms with Crippen LogP contribution in [0.3, 0.4) is 0 Å². The molecule has 0 unspecified atom stereocenters. The van der Waals surface area contributed by atoms with E-state index in [4.69, 9.17) is 0 Å². The van der Waals surface area contributed by atoms with Crippen molar-refractivity contribution in [2.24, 2.45) is 0 Å². The maximum atomic E-state index is 13.0. The van der Waals surface area contributed by atoms with E-state index in [1.807, 2.05) is 38.1 Å². The van der Waals surface area contributed by atoms with Crippen LogP contribution in [0.1, 0.15) is 22.7 Å². The third-order valence-corrected chi connectivity index (χ3v) is 6.98. The first-order valence-corrected chi connectivity index (χ1v) is 10.7. The van der Waals surface area contributed by atoms with Crippen LogP contribution in [-0.4, -0.2) is 14.3 Å². The molecule has 0 aliphatic heterocycles. The van der Waals surface area contributed by atoms with E-state index >= 15 is 0 Å². The van der Waals surface area contributed by atoms with Crippen molar-refractivity contribution in [3.05, 3.63) is 82.7 Å². The predicted octanol–water partition coefficient (Wildman–Crippen LogP) is 4.02. The molecule has 140 valence electrons. The van der Waals surface area contributed by atoms with Crippen molar-refractivity contribution >= 4 is 33.0 Å². The van der Waals surface area contributed by atoms with Gasteiger partial charge in [0.2, 0.25) is 5.91 Å². The molecule has 27 heavy (non-hydrogen) atoms. The van der Waals surface area contributed by atoms with Crippen molar-refractivity contribution in [3.8, 4) is 0 Å². The fourth-order valence-electron chi connectivity index (χ4n) is 2.76. The van der Waals surface area contributed by atoms with Crippen LogP contribution >= 0.6 is 11.3 Å². The Morgan fingerprint density at radius 3 is 2.19 bits per heavy atom. The number of hydrogen-bond donors (Lipinski definition) is 2. The number of nitrogens with one attached hydrogen (secondary N) is 2. The lowest BCUT2D eigenvalue weighted by Gasteiger charge is -2.20. The molecule has 0 spiro atoms. The maximum Gasteiger partial charge on any atom is 0.251 e. The van der Waals surface area contributed by atoms with Crippen LogP contribution in [0, 0.1) is 13.8 Å². The van der Waals surface area contributed by atoms with Gasteiger partial charge in [0.1, 0.15) is 10.3 Å². The molecule has 3 aromatic rings. The van der Waals surface area contributed by atoms with Gasteiger partial charge >= 0.3 is 0 Å². The number of anilines is 1. The third-order valence-electron chi connectivity index (χ3n) is 4.16. The van der Waals surface area contributed by atoms with E-state index in [1.165, 1.54) is 6.07 Å². The Morgan fingerprint density at radius 1 is 0.926 bits per heavy atom. The summed E-state index contributed by atoms with van der Waals surface area (Å²) in [5.74, 6) is -0.432. The van der Waals surface area contributed by atoms with Gasteiger partial charge in [0.15, 0.2) is 0 Å². The summed E-state index contributed by atoms with van der Waals surface area (Å²) in [6.07, 6.45) is 0. The van der Waals surface area contributed by atoms with E-state index in [-0.39, 0.29) is 4.21 Å². The van der Waals surface area contributed by atoms with Crippen molar-refractivity contribution < 1.29 is 13.2 Å². The van der Waals surface area contributed by atoms with Gasteiger partial charge in [-0.3, -0.25) is 4.79 Å². The topological polar surface area (TPSA) is 75.3 Å². The van der Waals surface area contributed by atoms with E-state index in [9.17, 15) is 13.2 Å². The molecule has 0 radical (unpaired) electrons. The third kappa shape index (κ3) is 4.44. The van der Waals surface area contributed by atoms with Crippen molar-refractivity contribution in [3.63, 3.8) is 0 Å². The summed E-state index contributed by atoms with van der Waals surface area (Å²) in [7, 11) is -3.81. The highest BCUT2D eigenvalue weighted by Gasteiger charge is 2.28. The highest BCUT2D eigenvalue weighted by molar-refractivity contribution is 7.91. The summed E-state index contributed by atoms with van der Waals surface area (Å²) in [4.78, 5) is 13.0. The zero-order chi connectivity index (χ0) is 19.4. The fraction of sp³-hybridized carbons (Fsp3) is 0.150. The second kappa shape index (κ2) is 8.04. The fourth-order valence-corrected chi connectivity index (χ4v) is 4.95. The first-order chi connectivity index (χ1) is 12.9. The zero-order valence-corrected chi connectivity index (χ0v) is 16.6. The van der Waals surface area contributed by atoms with Crippen LogP contribution in [0.15, 0.2) is 70.3 Å². The number of para-hydroxylation sites is 1. The number of thiophene rings is 1. The Labute approximate surface area is 163 Å². The minimum absolute atomic E-state index is 0.170. The van der Waals surface area contributed by atoms with E-state index < -0.39 is 22.0 Å². The summed E-state index contributed by atoms with van der Waals surface area (Å²) >= 11 is 1.11. The number of carbonyl (C=O) groups excluding carboxylic acids is 1. The number of amides is 1. The van der Waals surface area contributed by atoms with E-state index in [0.717, 1.165) is 22.5 Å². The summed E-state index contributed by atoms with van der Waals surface area (Å²) in [5.41, 5.74) is 3.09. The van der Waals surface area contributed by atoms with E-state index in [1.54, 1.807) is 35.7 Å². The second-order valence-electron chi connectivity index (χ2n) is 6.15. The quantitative estimate of drug-likeness (QED) is 0.656. The van der Waals surface area contributed by atoms with Gasteiger partial charge < -0.3 is 5.32 Å². The van der Waals surface area contributed by atoms with Crippen LogP contribution in [0.5, 0.6) is 0 Å². The SMILES string of the molecule is Cc1cccc(C)c1NC(=O)[C@@H](NS(=O)(=O)c1cccs1)c1ccccc1. The van der Waals surface area contributed by atoms with Crippen molar-refractivity contribution in [2.45, 2.75) is 24.1 Å². The van der Waals surface area contributed by atoms with Gasteiger partial charge in [-0.2, -0.15) is 4.72 Å². The molecule has 5 nitrogen and oxygen atoms in total. The summed E-state index contributed by atoms with van der Waals surface area (Å²) in [6.45, 7) is 3.80. The zero-order valence-electron chi connectivity index (χ0n) is 15.0. The molecule has 0 saturated carbocycles. The Kier molecular flexibility index (Phi) is 5.74. The molecule has 0 bridgehead atoms. The minimum Gasteiger partial charge on any atom is -0.324 e. The Bertz CT molecular complexity index is 1010. The molecule has 1 aromatic heterocycles. The average molecular weight is 401 g/mol. The van der Waals surface area contributed by atoms with Crippen molar-refractivity contribution in [2.75, 3.05) is 5.32 Å². The number of carbonyl (C=O) groups is 1. The van der Waals surface area contributed by atoms with Crippen molar-refractivity contribution in [1.82, 2.24) is 4.72 Å². The molecule has 0 saturated heterocycles. The molecular weight excluding hydrogens is 380 g/mol. The van der Waals surface area contributed by atoms with Gasteiger partial charge in [-0.1, -0.05) is 54.6 Å². The highest BCUT2D eigenvalue weighted by atomic mass is 32.2. The minimum atomic E-state index is -3.81. The van der Waals surface area contributed by atoms with Gasteiger partial charge in [0.25, 0.3) is 10.0 Å². The highest BCUT2D eigenvalue weighted by Crippen LogP contribution is 2.24. The monoisotopic (exact) mass is 400 g/mol. The number of rotatable bonds is 6. The standard InChI is InChI=1S/C20H20N2O3S2/c1-14-8-6-9-15(2)18(14)21-20(23)19(16-10-4-3-5-11-16)22-27(24,25)17-12-7-13-26-17/h3-13,19,22H,1-2H3,(H,21,23)/t19-/m0/s1. The molecule has 0 fully saturated rings.